The standard InChI is InChI=1S/C22H14O6/c23-17-3-9-1-11-12(2-10(9)4-18(17)24)14-6-20(26)22(28)8-16(14)15-7-21(27)19(25)5-13(11)15/h1-8,23-28H. The third kappa shape index (κ3) is 2.08. The average Bonchev–Trinajstić information content (AvgIpc) is 2.65. The molecule has 5 rings (SSSR count). The Hall–Kier alpha value is -4.06. The van der Waals surface area contributed by atoms with Gasteiger partial charge in [-0.05, 0) is 91.6 Å². The van der Waals surface area contributed by atoms with E-state index in [-0.39, 0.29) is 34.5 Å². The number of benzene rings is 5. The normalized spacial score (nSPS) is 11.7. The van der Waals surface area contributed by atoms with E-state index in [9.17, 15) is 30.6 Å². The second-order valence-corrected chi connectivity index (χ2v) is 6.86. The monoisotopic (exact) mass is 374 g/mol. The van der Waals surface area contributed by atoms with Crippen LogP contribution in [0.2, 0.25) is 0 Å². The fraction of sp³-hybridized carbons (Fsp3) is 0. The zero-order chi connectivity index (χ0) is 19.7. The highest BCUT2D eigenvalue weighted by molar-refractivity contribution is 6.28. The highest BCUT2D eigenvalue weighted by atomic mass is 16.3. The van der Waals surface area contributed by atoms with Crippen molar-refractivity contribution in [2.45, 2.75) is 0 Å². The lowest BCUT2D eigenvalue weighted by Crippen LogP contribution is -1.86. The molecule has 0 heterocycles. The van der Waals surface area contributed by atoms with Crippen molar-refractivity contribution in [3.63, 3.8) is 0 Å². The van der Waals surface area contributed by atoms with E-state index in [0.29, 0.717) is 43.1 Å². The summed E-state index contributed by atoms with van der Waals surface area (Å²) in [6.45, 7) is 0. The van der Waals surface area contributed by atoms with Gasteiger partial charge in [-0.1, -0.05) is 0 Å². The number of hydrogen-bond acceptors (Lipinski definition) is 6. The summed E-state index contributed by atoms with van der Waals surface area (Å²) in [5, 5.41) is 64.9. The molecule has 0 amide bonds. The summed E-state index contributed by atoms with van der Waals surface area (Å²) in [6, 6.07) is 12.1. The third-order valence-corrected chi connectivity index (χ3v) is 5.17. The van der Waals surface area contributed by atoms with Crippen LogP contribution in [0.15, 0.2) is 48.5 Å². The van der Waals surface area contributed by atoms with Crippen molar-refractivity contribution >= 4 is 43.1 Å². The highest BCUT2D eigenvalue weighted by Crippen LogP contribution is 2.44. The number of phenols is 6. The van der Waals surface area contributed by atoms with Gasteiger partial charge in [0.1, 0.15) is 0 Å². The molecule has 0 aliphatic heterocycles. The Morgan fingerprint density at radius 1 is 0.286 bits per heavy atom. The van der Waals surface area contributed by atoms with E-state index in [1.165, 1.54) is 36.4 Å². The van der Waals surface area contributed by atoms with Gasteiger partial charge in [-0.15, -0.1) is 0 Å². The molecule has 0 atom stereocenters. The van der Waals surface area contributed by atoms with Crippen LogP contribution in [0.4, 0.5) is 0 Å². The lowest BCUT2D eigenvalue weighted by atomic mass is 9.91. The minimum atomic E-state index is -0.302. The maximum absolute atomic E-state index is 10.0. The van der Waals surface area contributed by atoms with Crippen LogP contribution in [0, 0.1) is 0 Å². The van der Waals surface area contributed by atoms with Crippen molar-refractivity contribution < 1.29 is 30.6 Å². The first kappa shape index (κ1) is 16.1. The Morgan fingerprint density at radius 3 is 0.786 bits per heavy atom. The van der Waals surface area contributed by atoms with Crippen molar-refractivity contribution in [1.29, 1.82) is 0 Å². The largest absolute Gasteiger partial charge is 0.504 e. The Labute approximate surface area is 157 Å². The zero-order valence-electron chi connectivity index (χ0n) is 14.3. The first-order chi connectivity index (χ1) is 13.3. The van der Waals surface area contributed by atoms with Gasteiger partial charge in [-0.3, -0.25) is 0 Å². The topological polar surface area (TPSA) is 121 Å². The first-order valence-corrected chi connectivity index (χ1v) is 8.46. The van der Waals surface area contributed by atoms with Gasteiger partial charge in [0.15, 0.2) is 34.5 Å². The van der Waals surface area contributed by atoms with Gasteiger partial charge in [0.05, 0.1) is 0 Å². The molecular weight excluding hydrogens is 360 g/mol. The number of phenolic OH excluding ortho intramolecular Hbond substituents is 6. The van der Waals surface area contributed by atoms with Crippen molar-refractivity contribution in [3.05, 3.63) is 48.5 Å². The smallest absolute Gasteiger partial charge is 0.158 e. The van der Waals surface area contributed by atoms with Crippen molar-refractivity contribution in [3.8, 4) is 34.5 Å². The highest BCUT2D eigenvalue weighted by Gasteiger charge is 2.15. The van der Waals surface area contributed by atoms with Crippen molar-refractivity contribution in [2.24, 2.45) is 0 Å². The molecule has 0 spiro atoms. The van der Waals surface area contributed by atoms with Crippen molar-refractivity contribution in [1.82, 2.24) is 0 Å². The van der Waals surface area contributed by atoms with Gasteiger partial charge < -0.3 is 30.6 Å². The van der Waals surface area contributed by atoms with Crippen LogP contribution in [0.1, 0.15) is 0 Å². The Kier molecular flexibility index (Phi) is 3.02. The number of hydrogen-bond donors (Lipinski definition) is 6. The van der Waals surface area contributed by atoms with E-state index in [0.717, 1.165) is 0 Å². The van der Waals surface area contributed by atoms with Crippen LogP contribution in [0.3, 0.4) is 0 Å². The molecule has 6 nitrogen and oxygen atoms in total. The first-order valence-electron chi connectivity index (χ1n) is 8.46. The summed E-state index contributed by atoms with van der Waals surface area (Å²) in [5.41, 5.74) is 0. The molecule has 0 aliphatic carbocycles. The minimum Gasteiger partial charge on any atom is -0.504 e. The quantitative estimate of drug-likeness (QED) is 0.135. The molecule has 0 aromatic heterocycles. The second-order valence-electron chi connectivity index (χ2n) is 6.86. The lowest BCUT2D eigenvalue weighted by molar-refractivity contribution is 0.404. The van der Waals surface area contributed by atoms with Crippen molar-refractivity contribution in [2.75, 3.05) is 0 Å². The maximum Gasteiger partial charge on any atom is 0.158 e. The molecule has 0 saturated heterocycles. The minimum absolute atomic E-state index is 0.250. The van der Waals surface area contributed by atoms with Crippen LogP contribution >= 0.6 is 0 Å². The second kappa shape index (κ2) is 5.23. The van der Waals surface area contributed by atoms with E-state index in [4.69, 9.17) is 0 Å². The van der Waals surface area contributed by atoms with Gasteiger partial charge in [0.25, 0.3) is 0 Å². The van der Waals surface area contributed by atoms with Gasteiger partial charge in [0, 0.05) is 0 Å². The molecule has 6 heteroatoms. The SMILES string of the molecule is Oc1cc2cc3c4cc(O)c(O)cc4c4cc(O)c(O)cc4c3cc2cc1O. The summed E-state index contributed by atoms with van der Waals surface area (Å²) < 4.78 is 0. The lowest BCUT2D eigenvalue weighted by Gasteiger charge is -2.14. The predicted octanol–water partition coefficient (Wildman–Crippen LogP) is 4.53. The van der Waals surface area contributed by atoms with E-state index in [1.807, 2.05) is 0 Å². The van der Waals surface area contributed by atoms with Gasteiger partial charge in [-0.2, -0.15) is 0 Å². The van der Waals surface area contributed by atoms with Gasteiger partial charge in [0.2, 0.25) is 0 Å². The van der Waals surface area contributed by atoms with Crippen LogP contribution in [0.5, 0.6) is 34.5 Å². The van der Waals surface area contributed by atoms with E-state index >= 15 is 0 Å². The van der Waals surface area contributed by atoms with Crippen LogP contribution < -0.4 is 0 Å². The van der Waals surface area contributed by atoms with E-state index in [1.54, 1.807) is 12.1 Å². The molecule has 0 radical (unpaired) electrons. The molecule has 0 fully saturated rings. The van der Waals surface area contributed by atoms with Crippen LogP contribution in [-0.4, -0.2) is 30.6 Å². The Balaban J connectivity index is 2.12. The molecule has 6 N–H and O–H groups in total. The summed E-state index contributed by atoms with van der Waals surface area (Å²) in [6.07, 6.45) is 0. The molecular formula is C22H14O6. The predicted molar refractivity (Wildman–Crippen MR) is 106 cm³/mol. The third-order valence-electron chi connectivity index (χ3n) is 5.17. The summed E-state index contributed by atoms with van der Waals surface area (Å²) in [5.74, 6) is -1.68. The number of fused-ring (bicyclic) bond motifs is 7. The fourth-order valence-electron chi connectivity index (χ4n) is 3.82. The molecule has 28 heavy (non-hydrogen) atoms. The van der Waals surface area contributed by atoms with E-state index in [2.05, 4.69) is 0 Å². The fourth-order valence-corrected chi connectivity index (χ4v) is 3.82. The molecule has 0 bridgehead atoms. The number of rotatable bonds is 0. The molecule has 5 aromatic carbocycles. The van der Waals surface area contributed by atoms with Crippen LogP contribution in [0.25, 0.3) is 43.1 Å². The van der Waals surface area contributed by atoms with Crippen LogP contribution in [-0.2, 0) is 0 Å². The Bertz CT molecular complexity index is 1360. The van der Waals surface area contributed by atoms with Gasteiger partial charge >= 0.3 is 0 Å². The summed E-state index contributed by atoms with van der Waals surface area (Å²) >= 11 is 0. The number of aromatic hydroxyl groups is 6. The molecule has 0 unspecified atom stereocenters. The zero-order valence-corrected chi connectivity index (χ0v) is 14.3. The molecule has 138 valence electrons. The average molecular weight is 374 g/mol. The molecule has 0 saturated carbocycles. The van der Waals surface area contributed by atoms with Gasteiger partial charge in [-0.25, -0.2) is 0 Å². The summed E-state index contributed by atoms with van der Waals surface area (Å²) in [4.78, 5) is 0. The molecule has 5 aromatic rings. The maximum atomic E-state index is 10.0. The Morgan fingerprint density at radius 2 is 0.500 bits per heavy atom. The molecule has 0 aliphatic rings. The summed E-state index contributed by atoms with van der Waals surface area (Å²) in [7, 11) is 0. The van der Waals surface area contributed by atoms with E-state index < -0.39 is 0 Å².